The van der Waals surface area contributed by atoms with E-state index in [1.54, 1.807) is 12.1 Å². The maximum absolute atomic E-state index is 13.3. The summed E-state index contributed by atoms with van der Waals surface area (Å²) >= 11 is 1.89. The first-order valence-electron chi connectivity index (χ1n) is 10.3. The number of fused-ring (bicyclic) bond motifs is 5. The Morgan fingerprint density at radius 3 is 2.76 bits per heavy atom. The predicted molar refractivity (Wildman–Crippen MR) is 114 cm³/mol. The molecule has 1 unspecified atom stereocenters. The lowest BCUT2D eigenvalue weighted by atomic mass is 9.95. The molecule has 0 saturated heterocycles. The molecule has 1 aromatic carbocycles. The number of benzene rings is 1. The molecule has 3 aromatic rings. The van der Waals surface area contributed by atoms with Crippen LogP contribution in [0.4, 0.5) is 14.9 Å². The van der Waals surface area contributed by atoms with Gasteiger partial charge in [-0.2, -0.15) is 0 Å². The monoisotopic (exact) mass is 409 g/mol. The summed E-state index contributed by atoms with van der Waals surface area (Å²) in [5.41, 5.74) is 4.51. The van der Waals surface area contributed by atoms with Crippen molar-refractivity contribution in [3.63, 3.8) is 0 Å². The third-order valence-electron chi connectivity index (χ3n) is 6.05. The van der Waals surface area contributed by atoms with Gasteiger partial charge in [0.05, 0.1) is 12.6 Å². The van der Waals surface area contributed by atoms with Crippen LogP contribution < -0.4 is 5.32 Å². The second kappa shape index (κ2) is 7.34. The Bertz CT molecular complexity index is 1050. The number of urea groups is 1. The van der Waals surface area contributed by atoms with Gasteiger partial charge in [-0.1, -0.05) is 6.92 Å². The number of carbonyl (C=O) groups excluding carboxylic acids is 1. The van der Waals surface area contributed by atoms with Crippen LogP contribution in [0.5, 0.6) is 0 Å². The minimum Gasteiger partial charge on any atom is -0.312 e. The van der Waals surface area contributed by atoms with Crippen LogP contribution in [0, 0.1) is 5.82 Å². The van der Waals surface area contributed by atoms with Crippen LogP contribution in [-0.2, 0) is 19.4 Å². The highest BCUT2D eigenvalue weighted by atomic mass is 32.1. The first-order valence-corrected chi connectivity index (χ1v) is 11.1. The van der Waals surface area contributed by atoms with E-state index < -0.39 is 0 Å². The van der Waals surface area contributed by atoms with Crippen molar-refractivity contribution in [3.8, 4) is 5.00 Å². The standard InChI is InChI=1S/C23H24FN3OS/c1-2-19-20-7-5-13-26(20)22-18(17-6-3-4-8-21(17)29-22)14-27(19)23(28)25-16-11-9-15(24)10-12-16/h5,7,9-13,19H,2-4,6,8,14H2,1H3,(H,25,28). The van der Waals surface area contributed by atoms with Crippen LogP contribution in [0.1, 0.15) is 53.9 Å². The summed E-state index contributed by atoms with van der Waals surface area (Å²) < 4.78 is 15.5. The fourth-order valence-corrected chi connectivity index (χ4v) is 6.04. The third kappa shape index (κ3) is 3.15. The lowest BCUT2D eigenvalue weighted by molar-refractivity contribution is 0.181. The van der Waals surface area contributed by atoms with Gasteiger partial charge in [0.15, 0.2) is 0 Å². The number of anilines is 1. The van der Waals surface area contributed by atoms with Gasteiger partial charge in [-0.05, 0) is 74.1 Å². The van der Waals surface area contributed by atoms with Crippen LogP contribution in [0.3, 0.4) is 0 Å². The number of thiophene rings is 1. The second-order valence-corrected chi connectivity index (χ2v) is 8.87. The lowest BCUT2D eigenvalue weighted by Crippen LogP contribution is -2.37. The predicted octanol–water partition coefficient (Wildman–Crippen LogP) is 6.06. The van der Waals surface area contributed by atoms with Crippen molar-refractivity contribution in [1.82, 2.24) is 9.47 Å². The minimum atomic E-state index is -0.309. The van der Waals surface area contributed by atoms with Crippen LogP contribution in [0.2, 0.25) is 0 Å². The smallest absolute Gasteiger partial charge is 0.312 e. The zero-order valence-electron chi connectivity index (χ0n) is 16.5. The molecule has 5 rings (SSSR count). The van der Waals surface area contributed by atoms with Gasteiger partial charge >= 0.3 is 6.03 Å². The Kier molecular flexibility index (Phi) is 4.66. The van der Waals surface area contributed by atoms with Crippen molar-refractivity contribution in [1.29, 1.82) is 0 Å². The molecule has 2 aromatic heterocycles. The van der Waals surface area contributed by atoms with E-state index in [1.165, 1.54) is 46.0 Å². The topological polar surface area (TPSA) is 37.3 Å². The van der Waals surface area contributed by atoms with Crippen LogP contribution in [-0.4, -0.2) is 15.5 Å². The van der Waals surface area contributed by atoms with E-state index in [2.05, 4.69) is 35.1 Å². The normalized spacial score (nSPS) is 17.9. The van der Waals surface area contributed by atoms with E-state index in [0.717, 1.165) is 25.0 Å². The Labute approximate surface area is 174 Å². The van der Waals surface area contributed by atoms with Gasteiger partial charge in [0.1, 0.15) is 10.8 Å². The third-order valence-corrected chi connectivity index (χ3v) is 7.38. The zero-order chi connectivity index (χ0) is 20.0. The molecule has 2 aliphatic rings. The van der Waals surface area contributed by atoms with Gasteiger partial charge in [-0.15, -0.1) is 11.3 Å². The average Bonchev–Trinajstić information content (AvgIpc) is 3.32. The van der Waals surface area contributed by atoms with Gasteiger partial charge in [0.2, 0.25) is 0 Å². The number of hydrogen-bond acceptors (Lipinski definition) is 2. The minimum absolute atomic E-state index is 0.00992. The highest BCUT2D eigenvalue weighted by molar-refractivity contribution is 7.15. The largest absolute Gasteiger partial charge is 0.322 e. The van der Waals surface area contributed by atoms with E-state index >= 15 is 0 Å². The van der Waals surface area contributed by atoms with Crippen molar-refractivity contribution < 1.29 is 9.18 Å². The molecule has 0 fully saturated rings. The number of rotatable bonds is 2. The van der Waals surface area contributed by atoms with Crippen molar-refractivity contribution in [2.45, 2.75) is 51.6 Å². The van der Waals surface area contributed by atoms with Crippen LogP contribution >= 0.6 is 11.3 Å². The molecule has 1 aliphatic carbocycles. The second-order valence-electron chi connectivity index (χ2n) is 7.79. The van der Waals surface area contributed by atoms with Crippen molar-refractivity contribution >= 4 is 23.1 Å². The molecule has 2 amide bonds. The van der Waals surface area contributed by atoms with Gasteiger partial charge in [0.25, 0.3) is 0 Å². The SMILES string of the molecule is CCC1c2cccn2-c2sc3c(c2CN1C(=O)Nc1ccc(F)cc1)CCCC3. The summed E-state index contributed by atoms with van der Waals surface area (Å²) in [5, 5.41) is 4.24. The molecule has 29 heavy (non-hydrogen) atoms. The fraction of sp³-hybridized carbons (Fsp3) is 0.348. The van der Waals surface area contributed by atoms with Gasteiger partial charge in [0, 0.05) is 28.0 Å². The van der Waals surface area contributed by atoms with Gasteiger partial charge < -0.3 is 14.8 Å². The van der Waals surface area contributed by atoms with Crippen LogP contribution in [0.15, 0.2) is 42.6 Å². The molecule has 0 spiro atoms. The van der Waals surface area contributed by atoms with Crippen molar-refractivity contribution in [2.24, 2.45) is 0 Å². The summed E-state index contributed by atoms with van der Waals surface area (Å²) in [7, 11) is 0. The number of aryl methyl sites for hydroxylation is 1. The Morgan fingerprint density at radius 1 is 1.17 bits per heavy atom. The van der Waals surface area contributed by atoms with E-state index in [4.69, 9.17) is 0 Å². The maximum Gasteiger partial charge on any atom is 0.322 e. The Balaban J connectivity index is 1.56. The molecule has 1 N–H and O–H groups in total. The fourth-order valence-electron chi connectivity index (χ4n) is 4.64. The number of hydrogen-bond donors (Lipinski definition) is 1. The summed E-state index contributed by atoms with van der Waals surface area (Å²) in [4.78, 5) is 16.7. The van der Waals surface area contributed by atoms with E-state index in [-0.39, 0.29) is 17.9 Å². The molecule has 3 heterocycles. The summed E-state index contributed by atoms with van der Waals surface area (Å²) in [6, 6.07) is 9.99. The molecule has 0 saturated carbocycles. The quantitative estimate of drug-likeness (QED) is 0.549. The van der Waals surface area contributed by atoms with Crippen LogP contribution in [0.25, 0.3) is 5.00 Å². The molecule has 1 aliphatic heterocycles. The Hall–Kier alpha value is -2.60. The van der Waals surface area contributed by atoms with Gasteiger partial charge in [-0.25, -0.2) is 9.18 Å². The molecule has 1 atom stereocenters. The number of aromatic nitrogens is 1. The van der Waals surface area contributed by atoms with E-state index in [1.807, 2.05) is 16.2 Å². The highest BCUT2D eigenvalue weighted by Crippen LogP contribution is 2.43. The number of nitrogens with zero attached hydrogens (tertiary/aromatic N) is 2. The summed E-state index contributed by atoms with van der Waals surface area (Å²) in [6.45, 7) is 2.73. The number of halogens is 1. The number of carbonyl (C=O) groups is 1. The van der Waals surface area contributed by atoms with Gasteiger partial charge in [-0.3, -0.25) is 0 Å². The lowest BCUT2D eigenvalue weighted by Gasteiger charge is -2.30. The highest BCUT2D eigenvalue weighted by Gasteiger charge is 2.34. The maximum atomic E-state index is 13.3. The first kappa shape index (κ1) is 18.4. The molecular formula is C23H24FN3OS. The van der Waals surface area contributed by atoms with E-state index in [0.29, 0.717) is 12.2 Å². The van der Waals surface area contributed by atoms with Crippen molar-refractivity contribution in [3.05, 3.63) is 70.1 Å². The number of amides is 2. The average molecular weight is 410 g/mol. The molecule has 150 valence electrons. The van der Waals surface area contributed by atoms with E-state index in [9.17, 15) is 9.18 Å². The zero-order valence-corrected chi connectivity index (χ0v) is 17.3. The molecule has 6 heteroatoms. The molecule has 0 radical (unpaired) electrons. The number of nitrogens with one attached hydrogen (secondary N) is 1. The first-order chi connectivity index (χ1) is 14.2. The molecular weight excluding hydrogens is 385 g/mol. The van der Waals surface area contributed by atoms with Crippen molar-refractivity contribution in [2.75, 3.05) is 5.32 Å². The summed E-state index contributed by atoms with van der Waals surface area (Å²) in [5.74, 6) is -0.309. The molecule has 0 bridgehead atoms. The summed E-state index contributed by atoms with van der Waals surface area (Å²) in [6.07, 6.45) is 7.66. The Morgan fingerprint density at radius 2 is 1.97 bits per heavy atom. The molecule has 4 nitrogen and oxygen atoms in total.